The number of carbonyl (C=O) groups excluding carboxylic acids is 2. The lowest BCUT2D eigenvalue weighted by Crippen LogP contribution is -2.35. The summed E-state index contributed by atoms with van der Waals surface area (Å²) < 4.78 is 32.7. The van der Waals surface area contributed by atoms with Gasteiger partial charge in [0.05, 0.1) is 5.56 Å². The van der Waals surface area contributed by atoms with Crippen LogP contribution in [0.3, 0.4) is 0 Å². The smallest absolute Gasteiger partial charge is 0.407 e. The van der Waals surface area contributed by atoms with Crippen molar-refractivity contribution in [3.8, 4) is 0 Å². The third-order valence-corrected chi connectivity index (χ3v) is 3.34. The summed E-state index contributed by atoms with van der Waals surface area (Å²) in [7, 11) is -4.09. The molecule has 0 unspecified atom stereocenters. The molecule has 0 aliphatic carbocycles. The van der Waals surface area contributed by atoms with E-state index in [2.05, 4.69) is 9.50 Å². The third-order valence-electron chi connectivity index (χ3n) is 2.23. The summed E-state index contributed by atoms with van der Waals surface area (Å²) in [5.41, 5.74) is -0.547. The Morgan fingerprint density at radius 3 is 2.27 bits per heavy atom. The molecular weight excluding hydrogens is 310 g/mol. The number of ether oxygens (including phenoxy) is 1. The second kappa shape index (κ2) is 7.26. The molecule has 0 radical (unpaired) electrons. The van der Waals surface area contributed by atoms with Crippen LogP contribution in [-0.2, 0) is 19.0 Å². The molecule has 1 N–H and O–H groups in total. The molecule has 22 heavy (non-hydrogen) atoms. The Labute approximate surface area is 129 Å². The Morgan fingerprint density at radius 1 is 1.14 bits per heavy atom. The van der Waals surface area contributed by atoms with E-state index in [0.717, 1.165) is 0 Å². The molecule has 0 aliphatic rings. The summed E-state index contributed by atoms with van der Waals surface area (Å²) in [5.74, 6) is -1.50. The normalized spacial score (nSPS) is 11.6. The lowest BCUT2D eigenvalue weighted by Gasteiger charge is -2.19. The number of carbonyl (C=O) groups is 2. The third kappa shape index (κ3) is 7.07. The monoisotopic (exact) mass is 329 g/mol. The number of hydrogen-bond acceptors (Lipinski definition) is 6. The van der Waals surface area contributed by atoms with Crippen LogP contribution >= 0.6 is 0 Å². The molecule has 8 heteroatoms. The van der Waals surface area contributed by atoms with Crippen LogP contribution < -0.4 is 5.32 Å². The summed E-state index contributed by atoms with van der Waals surface area (Å²) in [4.78, 5) is 23.0. The number of hydrogen-bond donors (Lipinski definition) is 1. The first-order valence-electron chi connectivity index (χ1n) is 6.57. The molecule has 0 fully saturated rings. The SMILES string of the molecule is CC(C)(C)OC(=O)NCCS(=O)(=O)OC(=O)c1ccccc1. The van der Waals surface area contributed by atoms with Gasteiger partial charge >= 0.3 is 22.2 Å². The van der Waals surface area contributed by atoms with Crippen molar-refractivity contribution in [2.45, 2.75) is 26.4 Å². The van der Waals surface area contributed by atoms with Crippen molar-refractivity contribution in [1.82, 2.24) is 5.32 Å². The van der Waals surface area contributed by atoms with Gasteiger partial charge in [-0.3, -0.25) is 0 Å². The zero-order chi connectivity index (χ0) is 16.8. The first kappa shape index (κ1) is 18.0. The van der Waals surface area contributed by atoms with Gasteiger partial charge < -0.3 is 14.2 Å². The Hall–Kier alpha value is -2.09. The van der Waals surface area contributed by atoms with Gasteiger partial charge in [-0.05, 0) is 32.9 Å². The number of amides is 1. The molecule has 1 aromatic carbocycles. The van der Waals surface area contributed by atoms with E-state index in [-0.39, 0.29) is 12.1 Å². The van der Waals surface area contributed by atoms with Gasteiger partial charge in [0.1, 0.15) is 11.4 Å². The summed E-state index contributed by atoms with van der Waals surface area (Å²) in [6, 6.07) is 7.75. The largest absolute Gasteiger partial charge is 0.444 e. The number of alkyl carbamates (subject to hydrolysis) is 1. The number of rotatable bonds is 5. The van der Waals surface area contributed by atoms with E-state index in [9.17, 15) is 18.0 Å². The van der Waals surface area contributed by atoms with Gasteiger partial charge in [0, 0.05) is 6.54 Å². The molecule has 7 nitrogen and oxygen atoms in total. The lowest BCUT2D eigenvalue weighted by atomic mass is 10.2. The molecule has 1 aromatic rings. The highest BCUT2D eigenvalue weighted by atomic mass is 32.2. The van der Waals surface area contributed by atoms with Crippen molar-refractivity contribution in [2.24, 2.45) is 0 Å². The first-order chi connectivity index (χ1) is 10.1. The highest BCUT2D eigenvalue weighted by molar-refractivity contribution is 7.87. The van der Waals surface area contributed by atoms with Crippen molar-refractivity contribution in [3.63, 3.8) is 0 Å². The van der Waals surface area contributed by atoms with E-state index < -0.39 is 33.5 Å². The molecule has 0 aromatic heterocycles. The summed E-state index contributed by atoms with van der Waals surface area (Å²) in [6.07, 6.45) is -0.739. The average molecular weight is 329 g/mol. The van der Waals surface area contributed by atoms with Crippen molar-refractivity contribution < 1.29 is 26.9 Å². The molecule has 0 saturated heterocycles. The topological polar surface area (TPSA) is 98.8 Å². The highest BCUT2D eigenvalue weighted by Crippen LogP contribution is 2.07. The van der Waals surface area contributed by atoms with E-state index in [4.69, 9.17) is 4.74 Å². The molecule has 0 saturated carbocycles. The van der Waals surface area contributed by atoms with Gasteiger partial charge in [-0.25, -0.2) is 9.59 Å². The van der Waals surface area contributed by atoms with Crippen LogP contribution in [0, 0.1) is 0 Å². The van der Waals surface area contributed by atoms with Gasteiger partial charge in [-0.1, -0.05) is 18.2 Å². The fraction of sp³-hybridized carbons (Fsp3) is 0.429. The Balaban J connectivity index is 2.45. The van der Waals surface area contributed by atoms with Crippen LogP contribution in [0.5, 0.6) is 0 Å². The maximum Gasteiger partial charge on any atom is 0.407 e. The molecular formula is C14H19NO6S. The van der Waals surface area contributed by atoms with Crippen LogP contribution in [0.2, 0.25) is 0 Å². The van der Waals surface area contributed by atoms with Gasteiger partial charge in [0.15, 0.2) is 0 Å². The summed E-state index contributed by atoms with van der Waals surface area (Å²) >= 11 is 0. The predicted molar refractivity (Wildman–Crippen MR) is 79.9 cm³/mol. The van der Waals surface area contributed by atoms with Gasteiger partial charge in [0.25, 0.3) is 0 Å². The first-order valence-corrected chi connectivity index (χ1v) is 8.15. The Bertz CT molecular complexity index is 618. The van der Waals surface area contributed by atoms with E-state index in [1.165, 1.54) is 12.1 Å². The van der Waals surface area contributed by atoms with Crippen molar-refractivity contribution in [1.29, 1.82) is 0 Å². The average Bonchev–Trinajstić information content (AvgIpc) is 2.36. The molecule has 0 bridgehead atoms. The van der Waals surface area contributed by atoms with Crippen LogP contribution in [0.15, 0.2) is 30.3 Å². The minimum atomic E-state index is -4.09. The van der Waals surface area contributed by atoms with Crippen molar-refractivity contribution in [2.75, 3.05) is 12.3 Å². The maximum absolute atomic E-state index is 11.6. The second-order valence-corrected chi connectivity index (χ2v) is 7.12. The zero-order valence-corrected chi connectivity index (χ0v) is 13.5. The molecule has 1 amide bonds. The van der Waals surface area contributed by atoms with Crippen LogP contribution in [0.4, 0.5) is 4.79 Å². The van der Waals surface area contributed by atoms with Gasteiger partial charge in [0.2, 0.25) is 0 Å². The molecule has 122 valence electrons. The minimum absolute atomic E-state index is 0.131. The molecule has 0 aliphatic heterocycles. The number of benzene rings is 1. The number of nitrogens with one attached hydrogen (secondary N) is 1. The molecule has 0 spiro atoms. The van der Waals surface area contributed by atoms with E-state index in [1.807, 2.05) is 0 Å². The fourth-order valence-corrected chi connectivity index (χ4v) is 2.13. The fourth-order valence-electron chi connectivity index (χ4n) is 1.37. The van der Waals surface area contributed by atoms with Crippen LogP contribution in [0.1, 0.15) is 31.1 Å². The summed E-state index contributed by atoms with van der Waals surface area (Å²) in [5, 5.41) is 2.28. The Kier molecular flexibility index (Phi) is 5.92. The Morgan fingerprint density at radius 2 is 1.73 bits per heavy atom. The maximum atomic E-state index is 11.6. The van der Waals surface area contributed by atoms with Crippen LogP contribution in [0.25, 0.3) is 0 Å². The predicted octanol–water partition coefficient (Wildman–Crippen LogP) is 1.70. The van der Waals surface area contributed by atoms with E-state index >= 15 is 0 Å². The quantitative estimate of drug-likeness (QED) is 0.826. The van der Waals surface area contributed by atoms with Crippen molar-refractivity contribution in [3.05, 3.63) is 35.9 Å². The zero-order valence-electron chi connectivity index (χ0n) is 12.7. The van der Waals surface area contributed by atoms with E-state index in [0.29, 0.717) is 0 Å². The minimum Gasteiger partial charge on any atom is -0.444 e. The van der Waals surface area contributed by atoms with Gasteiger partial charge in [-0.15, -0.1) is 0 Å². The highest BCUT2D eigenvalue weighted by Gasteiger charge is 2.20. The standard InChI is InChI=1S/C14H19NO6S/c1-14(2,3)20-13(17)15-9-10-22(18,19)21-12(16)11-7-5-4-6-8-11/h4-8H,9-10H2,1-3H3,(H,15,17). The van der Waals surface area contributed by atoms with Crippen molar-refractivity contribution >= 4 is 22.2 Å². The molecule has 1 rings (SSSR count). The van der Waals surface area contributed by atoms with Gasteiger partial charge in [-0.2, -0.15) is 8.42 Å². The van der Waals surface area contributed by atoms with Crippen LogP contribution in [-0.4, -0.2) is 38.4 Å². The van der Waals surface area contributed by atoms with E-state index in [1.54, 1.807) is 39.0 Å². The molecule has 0 heterocycles. The summed E-state index contributed by atoms with van der Waals surface area (Å²) in [6.45, 7) is 4.83. The second-order valence-electron chi connectivity index (χ2n) is 5.43. The lowest BCUT2D eigenvalue weighted by molar-refractivity contribution is 0.0531. The molecule has 0 atom stereocenters.